The molecule has 0 radical (unpaired) electrons. The Morgan fingerprint density at radius 3 is 2.85 bits per heavy atom. The van der Waals surface area contributed by atoms with E-state index >= 15 is 0 Å². The van der Waals surface area contributed by atoms with E-state index in [9.17, 15) is 19.5 Å². The van der Waals surface area contributed by atoms with Gasteiger partial charge >= 0.3 is 5.69 Å². The highest BCUT2D eigenvalue weighted by molar-refractivity contribution is 5.88. The van der Waals surface area contributed by atoms with Crippen molar-refractivity contribution in [2.75, 3.05) is 11.9 Å². The molecule has 2 heterocycles. The molecule has 0 saturated carbocycles. The van der Waals surface area contributed by atoms with E-state index in [4.69, 9.17) is 9.84 Å². The maximum atomic E-state index is 11.7. The van der Waals surface area contributed by atoms with Gasteiger partial charge in [-0.25, -0.2) is 4.79 Å². The molecule has 0 aromatic carbocycles. The summed E-state index contributed by atoms with van der Waals surface area (Å²) >= 11 is 0. The van der Waals surface area contributed by atoms with Crippen LogP contribution >= 0.6 is 0 Å². The van der Waals surface area contributed by atoms with Crippen molar-refractivity contribution >= 4 is 11.6 Å². The predicted molar refractivity (Wildman–Crippen MR) is 67.2 cm³/mol. The summed E-state index contributed by atoms with van der Waals surface area (Å²) < 4.78 is 6.38. The summed E-state index contributed by atoms with van der Waals surface area (Å²) in [6.07, 6.45) is -1.27. The number of H-pyrrole nitrogens is 1. The molecule has 20 heavy (non-hydrogen) atoms. The molecule has 4 N–H and O–H groups in total. The van der Waals surface area contributed by atoms with E-state index in [0.29, 0.717) is 0 Å². The van der Waals surface area contributed by atoms with Gasteiger partial charge in [-0.15, -0.1) is 0 Å². The van der Waals surface area contributed by atoms with Crippen molar-refractivity contribution in [2.24, 2.45) is 0 Å². The Bertz CT molecular complexity index is 621. The van der Waals surface area contributed by atoms with E-state index in [1.165, 1.54) is 6.92 Å². The first-order valence-corrected chi connectivity index (χ1v) is 5.99. The van der Waals surface area contributed by atoms with Crippen LogP contribution in [0, 0.1) is 0 Å². The van der Waals surface area contributed by atoms with Gasteiger partial charge in [0.25, 0.3) is 5.56 Å². The minimum atomic E-state index is -0.909. The Labute approximate surface area is 112 Å². The fraction of sp³-hybridized carbons (Fsp3) is 0.545. The molecule has 2 rings (SSSR count). The number of ether oxygens (including phenoxy) is 1. The van der Waals surface area contributed by atoms with Gasteiger partial charge in [-0.3, -0.25) is 19.1 Å². The average Bonchev–Trinajstić information content (AvgIpc) is 2.73. The summed E-state index contributed by atoms with van der Waals surface area (Å²) in [5.74, 6) is -0.457. The predicted octanol–water partition coefficient (Wildman–Crippen LogP) is -1.86. The van der Waals surface area contributed by atoms with Gasteiger partial charge in [0, 0.05) is 19.5 Å². The van der Waals surface area contributed by atoms with Crippen molar-refractivity contribution in [1.82, 2.24) is 9.55 Å². The second kappa shape index (κ2) is 5.57. The van der Waals surface area contributed by atoms with Crippen LogP contribution in [0.5, 0.6) is 0 Å². The standard InChI is InChI=1S/C11H15N3O6/c1-5(16)12-6-3-14(11(19)13-10(6)18)9-2-7(17)8(4-15)20-9/h3,7-9,15,17H,2,4H2,1H3,(H,12,16)(H,13,18,19)/t7-,8+,9+/m0/s1. The van der Waals surface area contributed by atoms with Crippen molar-refractivity contribution in [3.63, 3.8) is 0 Å². The van der Waals surface area contributed by atoms with Gasteiger partial charge < -0.3 is 20.3 Å². The molecular weight excluding hydrogens is 270 g/mol. The van der Waals surface area contributed by atoms with Crippen LogP contribution < -0.4 is 16.6 Å². The molecule has 3 atom stereocenters. The number of carbonyl (C=O) groups is 1. The van der Waals surface area contributed by atoms with E-state index in [2.05, 4.69) is 10.3 Å². The molecule has 1 aliphatic heterocycles. The van der Waals surface area contributed by atoms with E-state index in [0.717, 1.165) is 10.8 Å². The molecule has 0 unspecified atom stereocenters. The largest absolute Gasteiger partial charge is 0.394 e. The summed E-state index contributed by atoms with van der Waals surface area (Å²) in [6, 6.07) is 0. The molecule has 1 amide bonds. The zero-order valence-corrected chi connectivity index (χ0v) is 10.7. The molecule has 1 aromatic heterocycles. The number of hydrogen-bond acceptors (Lipinski definition) is 6. The van der Waals surface area contributed by atoms with Crippen molar-refractivity contribution < 1.29 is 19.7 Å². The van der Waals surface area contributed by atoms with Gasteiger partial charge in [-0.05, 0) is 0 Å². The first kappa shape index (κ1) is 14.4. The van der Waals surface area contributed by atoms with Gasteiger partial charge in [0.05, 0.1) is 12.7 Å². The molecule has 9 nitrogen and oxygen atoms in total. The van der Waals surface area contributed by atoms with Crippen LogP contribution in [-0.4, -0.2) is 44.5 Å². The van der Waals surface area contributed by atoms with Crippen LogP contribution in [0.4, 0.5) is 5.69 Å². The van der Waals surface area contributed by atoms with Gasteiger partial charge in [0.1, 0.15) is 18.0 Å². The van der Waals surface area contributed by atoms with Crippen LogP contribution in [0.1, 0.15) is 19.6 Å². The zero-order valence-electron chi connectivity index (χ0n) is 10.7. The molecule has 0 spiro atoms. The van der Waals surface area contributed by atoms with Gasteiger partial charge in [-0.2, -0.15) is 0 Å². The van der Waals surface area contributed by atoms with Gasteiger partial charge in [0.15, 0.2) is 0 Å². The lowest BCUT2D eigenvalue weighted by Gasteiger charge is -2.15. The second-order valence-electron chi connectivity index (χ2n) is 4.51. The second-order valence-corrected chi connectivity index (χ2v) is 4.51. The monoisotopic (exact) mass is 285 g/mol. The number of aromatic nitrogens is 2. The first-order chi connectivity index (χ1) is 9.42. The smallest absolute Gasteiger partial charge is 0.330 e. The molecule has 9 heteroatoms. The van der Waals surface area contributed by atoms with E-state index in [1.54, 1.807) is 0 Å². The number of nitrogens with one attached hydrogen (secondary N) is 2. The van der Waals surface area contributed by atoms with Crippen LogP contribution in [0.2, 0.25) is 0 Å². The summed E-state index contributed by atoms with van der Waals surface area (Å²) in [6.45, 7) is 0.848. The number of hydrogen-bond donors (Lipinski definition) is 4. The summed E-state index contributed by atoms with van der Waals surface area (Å²) in [7, 11) is 0. The molecule has 0 bridgehead atoms. The summed E-state index contributed by atoms with van der Waals surface area (Å²) in [5.41, 5.74) is -1.54. The Balaban J connectivity index is 2.35. The quantitative estimate of drug-likeness (QED) is 0.514. The highest BCUT2D eigenvalue weighted by atomic mass is 16.5. The number of aliphatic hydroxyl groups is 2. The summed E-state index contributed by atoms with van der Waals surface area (Å²) in [5, 5.41) is 20.9. The van der Waals surface area contributed by atoms with Crippen molar-refractivity contribution in [2.45, 2.75) is 31.8 Å². The lowest BCUT2D eigenvalue weighted by atomic mass is 10.2. The molecular formula is C11H15N3O6. The van der Waals surface area contributed by atoms with Gasteiger partial charge in [-0.1, -0.05) is 0 Å². The number of anilines is 1. The molecule has 110 valence electrons. The van der Waals surface area contributed by atoms with Crippen molar-refractivity contribution in [1.29, 1.82) is 0 Å². The highest BCUT2D eigenvalue weighted by Gasteiger charge is 2.35. The third kappa shape index (κ3) is 2.79. The lowest BCUT2D eigenvalue weighted by molar-refractivity contribution is -0.114. The van der Waals surface area contributed by atoms with E-state index < -0.39 is 35.6 Å². The fourth-order valence-corrected chi connectivity index (χ4v) is 2.03. The van der Waals surface area contributed by atoms with Crippen molar-refractivity contribution in [3.05, 3.63) is 27.0 Å². The summed E-state index contributed by atoms with van der Waals surface area (Å²) in [4.78, 5) is 36.3. The normalized spacial score (nSPS) is 25.6. The first-order valence-electron chi connectivity index (χ1n) is 5.99. The number of carbonyl (C=O) groups excluding carboxylic acids is 1. The molecule has 1 aliphatic rings. The number of aromatic amines is 1. The Morgan fingerprint density at radius 1 is 1.60 bits per heavy atom. The third-order valence-corrected chi connectivity index (χ3v) is 2.97. The van der Waals surface area contributed by atoms with Crippen LogP contribution in [-0.2, 0) is 9.53 Å². The van der Waals surface area contributed by atoms with Crippen LogP contribution in [0.25, 0.3) is 0 Å². The van der Waals surface area contributed by atoms with Gasteiger partial charge in [0.2, 0.25) is 5.91 Å². The fourth-order valence-electron chi connectivity index (χ4n) is 2.03. The number of aliphatic hydroxyl groups excluding tert-OH is 2. The maximum absolute atomic E-state index is 11.7. The molecule has 0 aliphatic carbocycles. The maximum Gasteiger partial charge on any atom is 0.330 e. The minimum Gasteiger partial charge on any atom is -0.394 e. The Kier molecular flexibility index (Phi) is 4.02. The van der Waals surface area contributed by atoms with E-state index in [1.807, 2.05) is 0 Å². The minimum absolute atomic E-state index is 0.0939. The highest BCUT2D eigenvalue weighted by Crippen LogP contribution is 2.27. The zero-order chi connectivity index (χ0) is 14.9. The van der Waals surface area contributed by atoms with Crippen LogP contribution in [0.3, 0.4) is 0 Å². The third-order valence-electron chi connectivity index (χ3n) is 2.97. The topological polar surface area (TPSA) is 134 Å². The number of amides is 1. The average molecular weight is 285 g/mol. The molecule has 1 aromatic rings. The lowest BCUT2D eigenvalue weighted by Crippen LogP contribution is -2.34. The SMILES string of the molecule is CC(=O)Nc1cn([C@H]2C[C@H](O)[C@@H](CO)O2)c(=O)[nH]c1=O. The Morgan fingerprint density at radius 2 is 2.30 bits per heavy atom. The molecule has 1 saturated heterocycles. The molecule has 1 fully saturated rings. The number of nitrogens with zero attached hydrogens (tertiary/aromatic N) is 1. The number of rotatable bonds is 3. The van der Waals surface area contributed by atoms with Crippen LogP contribution in [0.15, 0.2) is 15.8 Å². The van der Waals surface area contributed by atoms with E-state index in [-0.39, 0.29) is 18.7 Å². The Hall–Kier alpha value is -1.97. The van der Waals surface area contributed by atoms with Crippen molar-refractivity contribution in [3.8, 4) is 0 Å².